The number of carboxylic acids is 1. The summed E-state index contributed by atoms with van der Waals surface area (Å²) in [4.78, 5) is 12.9. The highest BCUT2D eigenvalue weighted by molar-refractivity contribution is 5.67. The van der Waals surface area contributed by atoms with Crippen LogP contribution >= 0.6 is 0 Å². The van der Waals surface area contributed by atoms with Gasteiger partial charge in [0.1, 0.15) is 0 Å². The molecule has 1 aromatic rings. The average molecular weight is 249 g/mol. The van der Waals surface area contributed by atoms with E-state index in [-0.39, 0.29) is 6.42 Å². The molecule has 1 rings (SSSR count). The van der Waals surface area contributed by atoms with Crippen LogP contribution in [0.2, 0.25) is 0 Å². The quantitative estimate of drug-likeness (QED) is 0.806. The highest BCUT2D eigenvalue weighted by atomic mass is 16.4. The Balaban J connectivity index is 2.75. The number of hydrogen-bond donors (Lipinski definition) is 1. The molecule has 0 radical (unpaired) electrons. The number of carboxylic acid groups (broad SMARTS) is 1. The summed E-state index contributed by atoms with van der Waals surface area (Å²) in [5.41, 5.74) is 2.34. The summed E-state index contributed by atoms with van der Waals surface area (Å²) in [5.74, 6) is -0.170. The van der Waals surface area contributed by atoms with Crippen molar-refractivity contribution in [2.24, 2.45) is 5.92 Å². The van der Waals surface area contributed by atoms with E-state index in [1.807, 2.05) is 0 Å². The van der Waals surface area contributed by atoms with E-state index in [0.717, 1.165) is 18.7 Å². The maximum atomic E-state index is 10.7. The summed E-state index contributed by atoms with van der Waals surface area (Å²) in [5, 5.41) is 8.82. The first-order valence-corrected chi connectivity index (χ1v) is 6.56. The van der Waals surface area contributed by atoms with Crippen LogP contribution in [-0.2, 0) is 4.79 Å². The largest absolute Gasteiger partial charge is 0.481 e. The van der Waals surface area contributed by atoms with Gasteiger partial charge in [-0.25, -0.2) is 0 Å². The second-order valence-corrected chi connectivity index (χ2v) is 4.94. The van der Waals surface area contributed by atoms with Crippen LogP contribution in [0.4, 0.5) is 5.69 Å². The summed E-state index contributed by atoms with van der Waals surface area (Å²) in [6.45, 7) is 7.90. The molecule has 0 heterocycles. The Kier molecular flexibility index (Phi) is 5.69. The Labute approximate surface area is 109 Å². The molecule has 0 aliphatic heterocycles. The fourth-order valence-corrected chi connectivity index (χ4v) is 1.82. The molecule has 100 valence electrons. The van der Waals surface area contributed by atoms with E-state index in [0.29, 0.717) is 12.5 Å². The Morgan fingerprint density at radius 1 is 1.33 bits per heavy atom. The molecule has 18 heavy (non-hydrogen) atoms. The van der Waals surface area contributed by atoms with E-state index >= 15 is 0 Å². The number of hydrogen-bond acceptors (Lipinski definition) is 2. The van der Waals surface area contributed by atoms with Gasteiger partial charge in [-0.2, -0.15) is 0 Å². The van der Waals surface area contributed by atoms with Gasteiger partial charge in [-0.1, -0.05) is 38.0 Å². The van der Waals surface area contributed by atoms with Crippen molar-refractivity contribution in [1.29, 1.82) is 0 Å². The Hall–Kier alpha value is -1.51. The summed E-state index contributed by atoms with van der Waals surface area (Å²) in [6.07, 6.45) is 1.29. The number of carbonyl (C=O) groups is 1. The molecule has 0 aromatic heterocycles. The number of anilines is 1. The fourth-order valence-electron chi connectivity index (χ4n) is 1.82. The van der Waals surface area contributed by atoms with Crippen molar-refractivity contribution in [3.63, 3.8) is 0 Å². The third-order valence-corrected chi connectivity index (χ3v) is 3.22. The lowest BCUT2D eigenvalue weighted by Crippen LogP contribution is -2.30. The number of nitrogens with zero attached hydrogens (tertiary/aromatic N) is 1. The SMILES string of the molecule is CCC(C)CN(CCC(=O)O)c1ccc(C)cc1. The van der Waals surface area contributed by atoms with Crippen LogP contribution < -0.4 is 4.90 Å². The predicted molar refractivity (Wildman–Crippen MR) is 75.1 cm³/mol. The van der Waals surface area contributed by atoms with Crippen molar-refractivity contribution in [2.75, 3.05) is 18.0 Å². The molecule has 0 bridgehead atoms. The smallest absolute Gasteiger partial charge is 0.305 e. The summed E-state index contributed by atoms with van der Waals surface area (Å²) >= 11 is 0. The van der Waals surface area contributed by atoms with Gasteiger partial charge in [0.05, 0.1) is 6.42 Å². The van der Waals surface area contributed by atoms with Crippen LogP contribution in [0.25, 0.3) is 0 Å². The lowest BCUT2D eigenvalue weighted by Gasteiger charge is -2.27. The molecule has 3 nitrogen and oxygen atoms in total. The number of benzene rings is 1. The zero-order valence-electron chi connectivity index (χ0n) is 11.5. The van der Waals surface area contributed by atoms with Gasteiger partial charge in [0.15, 0.2) is 0 Å². The fraction of sp³-hybridized carbons (Fsp3) is 0.533. The Morgan fingerprint density at radius 3 is 2.44 bits per heavy atom. The molecular formula is C15H23NO2. The monoisotopic (exact) mass is 249 g/mol. The van der Waals surface area contributed by atoms with Crippen molar-refractivity contribution in [3.05, 3.63) is 29.8 Å². The van der Waals surface area contributed by atoms with Gasteiger partial charge in [0, 0.05) is 18.8 Å². The Morgan fingerprint density at radius 2 is 1.94 bits per heavy atom. The molecule has 1 atom stereocenters. The summed E-state index contributed by atoms with van der Waals surface area (Å²) < 4.78 is 0. The van der Waals surface area contributed by atoms with Crippen molar-refractivity contribution in [2.45, 2.75) is 33.6 Å². The van der Waals surface area contributed by atoms with Gasteiger partial charge in [-0.05, 0) is 25.0 Å². The van der Waals surface area contributed by atoms with Gasteiger partial charge in [-0.3, -0.25) is 4.79 Å². The highest BCUT2D eigenvalue weighted by Gasteiger charge is 2.11. The zero-order valence-corrected chi connectivity index (χ0v) is 11.5. The minimum atomic E-state index is -0.740. The molecule has 1 unspecified atom stereocenters. The first-order valence-electron chi connectivity index (χ1n) is 6.56. The molecule has 1 N–H and O–H groups in total. The van der Waals surface area contributed by atoms with E-state index in [1.54, 1.807) is 0 Å². The highest BCUT2D eigenvalue weighted by Crippen LogP contribution is 2.18. The molecule has 3 heteroatoms. The maximum absolute atomic E-state index is 10.7. The Bertz CT molecular complexity index is 373. The third-order valence-electron chi connectivity index (χ3n) is 3.22. The van der Waals surface area contributed by atoms with Crippen molar-refractivity contribution in [3.8, 4) is 0 Å². The van der Waals surface area contributed by atoms with E-state index in [9.17, 15) is 4.79 Å². The van der Waals surface area contributed by atoms with Crippen molar-refractivity contribution < 1.29 is 9.90 Å². The van der Waals surface area contributed by atoms with Gasteiger partial charge in [-0.15, -0.1) is 0 Å². The van der Waals surface area contributed by atoms with Crippen molar-refractivity contribution in [1.82, 2.24) is 0 Å². The summed E-state index contributed by atoms with van der Waals surface area (Å²) in [7, 11) is 0. The third kappa shape index (κ3) is 4.78. The van der Waals surface area contributed by atoms with Crippen LogP contribution in [-0.4, -0.2) is 24.2 Å². The number of aryl methyl sites for hydroxylation is 1. The first kappa shape index (κ1) is 14.6. The van der Waals surface area contributed by atoms with E-state index in [1.165, 1.54) is 5.56 Å². The maximum Gasteiger partial charge on any atom is 0.305 e. The number of aliphatic carboxylic acids is 1. The molecule has 0 saturated heterocycles. The molecule has 1 aromatic carbocycles. The molecule has 0 aliphatic carbocycles. The van der Waals surface area contributed by atoms with Crippen LogP contribution in [0, 0.1) is 12.8 Å². The summed E-state index contributed by atoms with van der Waals surface area (Å²) in [6, 6.07) is 8.28. The number of rotatable bonds is 7. The standard InChI is InChI=1S/C15H23NO2/c1-4-12(2)11-16(10-9-15(17)18)14-7-5-13(3)6-8-14/h5-8,12H,4,9-11H2,1-3H3,(H,17,18). The first-order chi connectivity index (χ1) is 8.52. The minimum Gasteiger partial charge on any atom is -0.481 e. The van der Waals surface area contributed by atoms with Crippen LogP contribution in [0.1, 0.15) is 32.3 Å². The normalized spacial score (nSPS) is 12.2. The lowest BCUT2D eigenvalue weighted by molar-refractivity contribution is -0.136. The molecular weight excluding hydrogens is 226 g/mol. The second kappa shape index (κ2) is 7.04. The molecule has 0 amide bonds. The van der Waals surface area contributed by atoms with Crippen molar-refractivity contribution >= 4 is 11.7 Å². The van der Waals surface area contributed by atoms with E-state index < -0.39 is 5.97 Å². The lowest BCUT2D eigenvalue weighted by atomic mass is 10.1. The topological polar surface area (TPSA) is 40.5 Å². The van der Waals surface area contributed by atoms with Gasteiger partial charge < -0.3 is 10.0 Å². The predicted octanol–water partition coefficient (Wildman–Crippen LogP) is 3.32. The van der Waals surface area contributed by atoms with Gasteiger partial charge in [0.25, 0.3) is 0 Å². The van der Waals surface area contributed by atoms with Crippen LogP contribution in [0.5, 0.6) is 0 Å². The van der Waals surface area contributed by atoms with E-state index in [2.05, 4.69) is 49.9 Å². The minimum absolute atomic E-state index is 0.185. The molecule has 0 aliphatic rings. The molecule has 0 fully saturated rings. The second-order valence-electron chi connectivity index (χ2n) is 4.94. The van der Waals surface area contributed by atoms with Crippen LogP contribution in [0.3, 0.4) is 0 Å². The van der Waals surface area contributed by atoms with Gasteiger partial charge >= 0.3 is 5.97 Å². The molecule has 0 saturated carbocycles. The average Bonchev–Trinajstić information content (AvgIpc) is 2.35. The van der Waals surface area contributed by atoms with Gasteiger partial charge in [0.2, 0.25) is 0 Å². The van der Waals surface area contributed by atoms with Crippen LogP contribution in [0.15, 0.2) is 24.3 Å². The molecule has 0 spiro atoms. The van der Waals surface area contributed by atoms with E-state index in [4.69, 9.17) is 5.11 Å². The zero-order chi connectivity index (χ0) is 13.5.